The number of rotatable bonds is 0. The number of allylic oxidation sites excluding steroid dienone is 3. The predicted molar refractivity (Wildman–Crippen MR) is 33.4 cm³/mol. The van der Waals surface area contributed by atoms with E-state index in [9.17, 15) is 4.39 Å². The van der Waals surface area contributed by atoms with Crippen molar-refractivity contribution in [3.63, 3.8) is 0 Å². The molecule has 0 amide bonds. The second-order valence-electron chi connectivity index (χ2n) is 2.00. The Labute approximate surface area is 53.5 Å². The second kappa shape index (κ2) is 2.21. The SMILES string of the molecule is CC1=C(F)[CH]CC=C1O. The topological polar surface area (TPSA) is 20.2 Å². The molecule has 1 aliphatic carbocycles. The van der Waals surface area contributed by atoms with Crippen LogP contribution in [0.4, 0.5) is 4.39 Å². The Hall–Kier alpha value is -0.790. The molecule has 0 aromatic carbocycles. The van der Waals surface area contributed by atoms with Crippen LogP contribution in [-0.4, -0.2) is 5.11 Å². The molecule has 0 saturated heterocycles. The van der Waals surface area contributed by atoms with Crippen molar-refractivity contribution in [3.05, 3.63) is 29.7 Å². The zero-order chi connectivity index (χ0) is 6.85. The van der Waals surface area contributed by atoms with Gasteiger partial charge in [0.2, 0.25) is 0 Å². The molecule has 49 valence electrons. The first-order valence-electron chi connectivity index (χ1n) is 2.81. The van der Waals surface area contributed by atoms with E-state index in [-0.39, 0.29) is 11.6 Å². The third kappa shape index (κ3) is 1.12. The zero-order valence-electron chi connectivity index (χ0n) is 5.19. The molecule has 0 aromatic heterocycles. The van der Waals surface area contributed by atoms with Crippen LogP contribution in [0, 0.1) is 6.42 Å². The van der Waals surface area contributed by atoms with Gasteiger partial charge in [-0.05, 0) is 19.4 Å². The Morgan fingerprint density at radius 1 is 1.67 bits per heavy atom. The molecule has 9 heavy (non-hydrogen) atoms. The van der Waals surface area contributed by atoms with Crippen LogP contribution >= 0.6 is 0 Å². The Morgan fingerprint density at radius 3 is 2.78 bits per heavy atom. The lowest BCUT2D eigenvalue weighted by Gasteiger charge is -2.07. The second-order valence-corrected chi connectivity index (χ2v) is 2.00. The van der Waals surface area contributed by atoms with E-state index in [0.29, 0.717) is 12.0 Å². The summed E-state index contributed by atoms with van der Waals surface area (Å²) in [4.78, 5) is 0. The summed E-state index contributed by atoms with van der Waals surface area (Å²) in [6, 6.07) is 0. The van der Waals surface area contributed by atoms with Crippen molar-refractivity contribution in [3.8, 4) is 0 Å². The Kier molecular flexibility index (Phi) is 1.56. The van der Waals surface area contributed by atoms with E-state index in [0.717, 1.165) is 0 Å². The van der Waals surface area contributed by atoms with Gasteiger partial charge in [-0.3, -0.25) is 0 Å². The van der Waals surface area contributed by atoms with E-state index < -0.39 is 0 Å². The largest absolute Gasteiger partial charge is 0.508 e. The van der Waals surface area contributed by atoms with Gasteiger partial charge in [-0.25, -0.2) is 4.39 Å². The summed E-state index contributed by atoms with van der Waals surface area (Å²) in [7, 11) is 0. The van der Waals surface area contributed by atoms with Gasteiger partial charge in [-0.1, -0.05) is 0 Å². The molecule has 0 atom stereocenters. The van der Waals surface area contributed by atoms with Crippen LogP contribution in [0.2, 0.25) is 0 Å². The molecule has 0 spiro atoms. The minimum atomic E-state index is -0.310. The van der Waals surface area contributed by atoms with Crippen molar-refractivity contribution < 1.29 is 9.50 Å². The fourth-order valence-corrected chi connectivity index (χ4v) is 0.703. The van der Waals surface area contributed by atoms with Crippen LogP contribution < -0.4 is 0 Å². The molecule has 2 heteroatoms. The number of hydrogen-bond donors (Lipinski definition) is 1. The normalized spacial score (nSPS) is 20.0. The van der Waals surface area contributed by atoms with Crippen LogP contribution in [0.3, 0.4) is 0 Å². The molecule has 1 aliphatic rings. The molecule has 0 saturated carbocycles. The molecule has 0 fully saturated rings. The lowest BCUT2D eigenvalue weighted by Crippen LogP contribution is -1.94. The van der Waals surface area contributed by atoms with Gasteiger partial charge >= 0.3 is 0 Å². The van der Waals surface area contributed by atoms with Gasteiger partial charge in [0.05, 0.1) is 0 Å². The maximum absolute atomic E-state index is 12.5. The Balaban J connectivity index is 2.88. The molecule has 1 nitrogen and oxygen atoms in total. The van der Waals surface area contributed by atoms with Gasteiger partial charge < -0.3 is 5.11 Å². The van der Waals surface area contributed by atoms with Crippen molar-refractivity contribution in [2.45, 2.75) is 13.3 Å². The molecule has 0 bridgehead atoms. The summed E-state index contributed by atoms with van der Waals surface area (Å²) in [6.07, 6.45) is 3.52. The summed E-state index contributed by atoms with van der Waals surface area (Å²) in [5.41, 5.74) is 0.334. The third-order valence-electron chi connectivity index (χ3n) is 1.35. The lowest BCUT2D eigenvalue weighted by molar-refractivity contribution is 0.411. The molecule has 1 rings (SSSR count). The van der Waals surface area contributed by atoms with Crippen molar-refractivity contribution in [1.29, 1.82) is 0 Å². The average Bonchev–Trinajstić information content (AvgIpc) is 1.83. The van der Waals surface area contributed by atoms with E-state index in [1.807, 2.05) is 0 Å². The van der Waals surface area contributed by atoms with Crippen LogP contribution in [0.1, 0.15) is 13.3 Å². The molecule has 0 unspecified atom stereocenters. The van der Waals surface area contributed by atoms with E-state index >= 15 is 0 Å². The van der Waals surface area contributed by atoms with Crippen molar-refractivity contribution >= 4 is 0 Å². The number of halogens is 1. The quantitative estimate of drug-likeness (QED) is 0.529. The lowest BCUT2D eigenvalue weighted by atomic mass is 10.1. The number of hydrogen-bond acceptors (Lipinski definition) is 1. The van der Waals surface area contributed by atoms with E-state index in [4.69, 9.17) is 5.11 Å². The minimum Gasteiger partial charge on any atom is -0.508 e. The van der Waals surface area contributed by atoms with Crippen LogP contribution in [-0.2, 0) is 0 Å². The van der Waals surface area contributed by atoms with E-state index in [1.165, 1.54) is 6.42 Å². The molecular formula is C7H8FO. The molecule has 1 N–H and O–H groups in total. The highest BCUT2D eigenvalue weighted by atomic mass is 19.1. The standard InChI is InChI=1S/C7H8FO/c1-5-6(8)3-2-4-7(5)9/h3-4,9H,2H2,1H3. The van der Waals surface area contributed by atoms with Gasteiger partial charge in [0, 0.05) is 12.0 Å². The van der Waals surface area contributed by atoms with Crippen LogP contribution in [0.15, 0.2) is 23.2 Å². The van der Waals surface area contributed by atoms with E-state index in [1.54, 1.807) is 13.0 Å². The summed E-state index contributed by atoms with van der Waals surface area (Å²) in [6.45, 7) is 1.55. The summed E-state index contributed by atoms with van der Waals surface area (Å²) in [5.74, 6) is -0.245. The maximum Gasteiger partial charge on any atom is 0.117 e. The summed E-state index contributed by atoms with van der Waals surface area (Å²) in [5, 5.41) is 8.89. The summed E-state index contributed by atoms with van der Waals surface area (Å²) >= 11 is 0. The fraction of sp³-hybridized carbons (Fsp3) is 0.286. The first kappa shape index (κ1) is 6.33. The van der Waals surface area contributed by atoms with Crippen LogP contribution in [0.5, 0.6) is 0 Å². The smallest absolute Gasteiger partial charge is 0.117 e. The molecule has 0 heterocycles. The molecule has 0 aromatic rings. The molecular weight excluding hydrogens is 119 g/mol. The first-order chi connectivity index (χ1) is 4.22. The van der Waals surface area contributed by atoms with Gasteiger partial charge in [0.1, 0.15) is 11.6 Å². The van der Waals surface area contributed by atoms with Gasteiger partial charge in [-0.2, -0.15) is 0 Å². The highest BCUT2D eigenvalue weighted by molar-refractivity contribution is 5.33. The van der Waals surface area contributed by atoms with Gasteiger partial charge in [0.25, 0.3) is 0 Å². The van der Waals surface area contributed by atoms with E-state index in [2.05, 4.69) is 0 Å². The highest BCUT2D eigenvalue weighted by Gasteiger charge is 2.09. The predicted octanol–water partition coefficient (Wildman–Crippen LogP) is 2.28. The first-order valence-corrected chi connectivity index (χ1v) is 2.81. The van der Waals surface area contributed by atoms with Crippen molar-refractivity contribution in [1.82, 2.24) is 0 Å². The third-order valence-corrected chi connectivity index (χ3v) is 1.35. The molecule has 0 aliphatic heterocycles. The average molecular weight is 127 g/mol. The molecule has 1 radical (unpaired) electrons. The zero-order valence-corrected chi connectivity index (χ0v) is 5.19. The van der Waals surface area contributed by atoms with Crippen LogP contribution in [0.25, 0.3) is 0 Å². The number of aliphatic hydroxyl groups is 1. The van der Waals surface area contributed by atoms with Gasteiger partial charge in [-0.15, -0.1) is 0 Å². The van der Waals surface area contributed by atoms with Gasteiger partial charge in [0.15, 0.2) is 0 Å². The van der Waals surface area contributed by atoms with Crippen molar-refractivity contribution in [2.75, 3.05) is 0 Å². The number of aliphatic hydroxyl groups excluding tert-OH is 1. The Bertz CT molecular complexity index is 179. The maximum atomic E-state index is 12.5. The Morgan fingerprint density at radius 2 is 2.33 bits per heavy atom. The monoisotopic (exact) mass is 127 g/mol. The summed E-state index contributed by atoms with van der Waals surface area (Å²) < 4.78 is 12.5. The van der Waals surface area contributed by atoms with Crippen molar-refractivity contribution in [2.24, 2.45) is 0 Å². The minimum absolute atomic E-state index is 0.0648. The highest BCUT2D eigenvalue weighted by Crippen LogP contribution is 2.22. The fourth-order valence-electron chi connectivity index (χ4n) is 0.703.